The Kier molecular flexibility index (Phi) is 4.82. The van der Waals surface area contributed by atoms with Crippen molar-refractivity contribution < 1.29 is 19.8 Å². The molecule has 0 aliphatic carbocycles. The van der Waals surface area contributed by atoms with Gasteiger partial charge in [0.25, 0.3) is 11.7 Å². The number of aliphatic hydroxyl groups excluding tert-OH is 1. The van der Waals surface area contributed by atoms with Crippen LogP contribution in [0.15, 0.2) is 84.4 Å². The van der Waals surface area contributed by atoms with Gasteiger partial charge in [0, 0.05) is 11.3 Å². The normalized spacial score (nSPS) is 18.2. The van der Waals surface area contributed by atoms with Crippen LogP contribution >= 0.6 is 11.6 Å². The number of nitrogens with zero attached hydrogens (tertiary/aromatic N) is 1. The second kappa shape index (κ2) is 7.45. The number of halogens is 1. The van der Waals surface area contributed by atoms with Gasteiger partial charge in [0.05, 0.1) is 16.6 Å². The number of ketones is 1. The number of anilines is 1. The molecule has 144 valence electrons. The van der Waals surface area contributed by atoms with Gasteiger partial charge in [0.15, 0.2) is 0 Å². The second-order valence-corrected chi connectivity index (χ2v) is 6.99. The third kappa shape index (κ3) is 3.26. The lowest BCUT2D eigenvalue weighted by Crippen LogP contribution is -2.29. The Hall–Kier alpha value is -3.57. The number of amides is 1. The van der Waals surface area contributed by atoms with E-state index in [9.17, 15) is 19.8 Å². The Bertz CT molecular complexity index is 1130. The van der Waals surface area contributed by atoms with Gasteiger partial charge < -0.3 is 10.2 Å². The minimum absolute atomic E-state index is 0.0354. The Morgan fingerprint density at radius 1 is 0.897 bits per heavy atom. The summed E-state index contributed by atoms with van der Waals surface area (Å²) in [5.74, 6) is -1.92. The number of hydrogen-bond acceptors (Lipinski definition) is 4. The van der Waals surface area contributed by atoms with Crippen LogP contribution in [0.5, 0.6) is 5.75 Å². The van der Waals surface area contributed by atoms with E-state index in [1.165, 1.54) is 17.0 Å². The highest BCUT2D eigenvalue weighted by molar-refractivity contribution is 6.51. The molecule has 4 rings (SSSR count). The van der Waals surface area contributed by atoms with Gasteiger partial charge in [0.1, 0.15) is 11.5 Å². The van der Waals surface area contributed by atoms with E-state index in [2.05, 4.69) is 0 Å². The van der Waals surface area contributed by atoms with Crippen LogP contribution in [0.3, 0.4) is 0 Å². The van der Waals surface area contributed by atoms with Crippen molar-refractivity contribution in [2.24, 2.45) is 0 Å². The number of carbonyl (C=O) groups excluding carboxylic acids is 2. The summed E-state index contributed by atoms with van der Waals surface area (Å²) in [6.07, 6.45) is 0. The highest BCUT2D eigenvalue weighted by atomic mass is 35.5. The second-order valence-electron chi connectivity index (χ2n) is 6.58. The fourth-order valence-electron chi connectivity index (χ4n) is 3.45. The van der Waals surface area contributed by atoms with Crippen molar-refractivity contribution in [1.82, 2.24) is 0 Å². The molecule has 1 amide bonds. The SMILES string of the molecule is O=C1C(=O)N(c2ccccc2)C(c2ccc(O)c(Cl)c2)/C1=C(/O)c1ccccc1. The van der Waals surface area contributed by atoms with Crippen molar-refractivity contribution in [2.75, 3.05) is 4.90 Å². The number of aromatic hydroxyl groups is 1. The van der Waals surface area contributed by atoms with E-state index in [4.69, 9.17) is 11.6 Å². The zero-order valence-corrected chi connectivity index (χ0v) is 15.9. The molecule has 0 spiro atoms. The van der Waals surface area contributed by atoms with Crippen molar-refractivity contribution in [3.63, 3.8) is 0 Å². The summed E-state index contributed by atoms with van der Waals surface area (Å²) < 4.78 is 0. The summed E-state index contributed by atoms with van der Waals surface area (Å²) >= 11 is 6.09. The third-order valence-corrected chi connectivity index (χ3v) is 5.12. The quantitative estimate of drug-likeness (QED) is 0.377. The van der Waals surface area contributed by atoms with Gasteiger partial charge in [-0.1, -0.05) is 66.2 Å². The molecule has 29 heavy (non-hydrogen) atoms. The highest BCUT2D eigenvalue weighted by Gasteiger charge is 2.47. The molecule has 6 heteroatoms. The maximum absolute atomic E-state index is 12.9. The zero-order chi connectivity index (χ0) is 20.5. The number of carbonyl (C=O) groups is 2. The van der Waals surface area contributed by atoms with Gasteiger partial charge in [-0.05, 0) is 29.8 Å². The van der Waals surface area contributed by atoms with Crippen LogP contribution in [-0.2, 0) is 9.59 Å². The molecule has 3 aromatic rings. The number of phenolic OH excluding ortho intramolecular Hbond substituents is 1. The topological polar surface area (TPSA) is 77.8 Å². The number of phenols is 1. The van der Waals surface area contributed by atoms with E-state index in [0.29, 0.717) is 16.8 Å². The molecule has 0 bridgehead atoms. The lowest BCUT2D eigenvalue weighted by Gasteiger charge is -2.25. The van der Waals surface area contributed by atoms with Crippen LogP contribution in [0.4, 0.5) is 5.69 Å². The maximum Gasteiger partial charge on any atom is 0.300 e. The molecule has 0 aromatic heterocycles. The molecule has 0 radical (unpaired) electrons. The van der Waals surface area contributed by atoms with E-state index in [1.54, 1.807) is 66.7 Å². The summed E-state index contributed by atoms with van der Waals surface area (Å²) in [6, 6.07) is 20.9. The van der Waals surface area contributed by atoms with Gasteiger partial charge in [-0.2, -0.15) is 0 Å². The van der Waals surface area contributed by atoms with E-state index >= 15 is 0 Å². The van der Waals surface area contributed by atoms with Crippen molar-refractivity contribution in [2.45, 2.75) is 6.04 Å². The number of benzene rings is 3. The molecule has 1 unspecified atom stereocenters. The Labute approximate surface area is 172 Å². The Morgan fingerprint density at radius 3 is 2.14 bits per heavy atom. The fraction of sp³-hybridized carbons (Fsp3) is 0.0435. The molecule has 5 nitrogen and oxygen atoms in total. The third-order valence-electron chi connectivity index (χ3n) is 4.81. The average Bonchev–Trinajstić information content (AvgIpc) is 3.01. The average molecular weight is 406 g/mol. The van der Waals surface area contributed by atoms with Crippen molar-refractivity contribution in [3.05, 3.63) is 101 Å². The van der Waals surface area contributed by atoms with Crippen LogP contribution in [0.25, 0.3) is 5.76 Å². The minimum Gasteiger partial charge on any atom is -0.507 e. The summed E-state index contributed by atoms with van der Waals surface area (Å²) in [5.41, 5.74) is 1.39. The van der Waals surface area contributed by atoms with Gasteiger partial charge in [-0.25, -0.2) is 0 Å². The van der Waals surface area contributed by atoms with E-state index in [1.807, 2.05) is 0 Å². The van der Waals surface area contributed by atoms with Gasteiger partial charge >= 0.3 is 0 Å². The summed E-state index contributed by atoms with van der Waals surface area (Å²) in [7, 11) is 0. The van der Waals surface area contributed by atoms with Crippen molar-refractivity contribution in [3.8, 4) is 5.75 Å². The Balaban J connectivity index is 1.97. The molecular formula is C23H16ClNO4. The van der Waals surface area contributed by atoms with Crippen LogP contribution < -0.4 is 4.90 Å². The number of hydrogen-bond donors (Lipinski definition) is 2. The van der Waals surface area contributed by atoms with Crippen LogP contribution in [0.1, 0.15) is 17.2 Å². The molecule has 1 aliphatic heterocycles. The van der Waals surface area contributed by atoms with E-state index < -0.39 is 17.7 Å². The molecule has 1 fully saturated rings. The lowest BCUT2D eigenvalue weighted by molar-refractivity contribution is -0.132. The molecule has 3 aromatic carbocycles. The first kappa shape index (κ1) is 18.8. The van der Waals surface area contributed by atoms with Gasteiger partial charge in [-0.3, -0.25) is 14.5 Å². The predicted octanol–water partition coefficient (Wildman–Crippen LogP) is 4.67. The molecular weight excluding hydrogens is 390 g/mol. The summed E-state index contributed by atoms with van der Waals surface area (Å²) in [5, 5.41) is 20.8. The fourth-order valence-corrected chi connectivity index (χ4v) is 3.64. The molecule has 2 N–H and O–H groups in total. The first-order valence-electron chi connectivity index (χ1n) is 8.89. The first-order chi connectivity index (χ1) is 14.0. The molecule has 1 saturated heterocycles. The van der Waals surface area contributed by atoms with Crippen molar-refractivity contribution in [1.29, 1.82) is 0 Å². The summed E-state index contributed by atoms with van der Waals surface area (Å²) in [6.45, 7) is 0. The Morgan fingerprint density at radius 2 is 1.52 bits per heavy atom. The number of aliphatic hydroxyl groups is 1. The van der Waals surface area contributed by atoms with Gasteiger partial charge in [-0.15, -0.1) is 0 Å². The van der Waals surface area contributed by atoms with Crippen LogP contribution in [0, 0.1) is 0 Å². The van der Waals surface area contributed by atoms with Crippen molar-refractivity contribution >= 4 is 34.7 Å². The van der Waals surface area contributed by atoms with Crippen LogP contribution in [0.2, 0.25) is 5.02 Å². The standard InChI is InChI=1S/C23H16ClNO4/c24-17-13-15(11-12-18(17)26)20-19(21(27)14-7-3-1-4-8-14)22(28)23(29)25(20)16-9-5-2-6-10-16/h1-13,20,26-27H/b21-19-. The molecule has 0 saturated carbocycles. The smallest absolute Gasteiger partial charge is 0.300 e. The first-order valence-corrected chi connectivity index (χ1v) is 9.26. The predicted molar refractivity (Wildman–Crippen MR) is 111 cm³/mol. The van der Waals surface area contributed by atoms with Crippen LogP contribution in [-0.4, -0.2) is 21.9 Å². The van der Waals surface area contributed by atoms with E-state index in [-0.39, 0.29) is 22.1 Å². The zero-order valence-electron chi connectivity index (χ0n) is 15.1. The largest absolute Gasteiger partial charge is 0.507 e. The highest BCUT2D eigenvalue weighted by Crippen LogP contribution is 2.43. The monoisotopic (exact) mass is 405 g/mol. The number of para-hydroxylation sites is 1. The molecule has 1 aliphatic rings. The minimum atomic E-state index is -0.893. The maximum atomic E-state index is 12.9. The number of rotatable bonds is 3. The summed E-state index contributed by atoms with van der Waals surface area (Å²) in [4.78, 5) is 27.2. The number of Topliss-reactive ketones (excluding diaryl/α,β-unsaturated/α-hetero) is 1. The molecule has 1 heterocycles. The molecule has 1 atom stereocenters. The lowest BCUT2D eigenvalue weighted by atomic mass is 9.95. The van der Waals surface area contributed by atoms with E-state index in [0.717, 1.165) is 0 Å². The van der Waals surface area contributed by atoms with Gasteiger partial charge in [0.2, 0.25) is 0 Å².